The molecule has 0 aliphatic carbocycles. The summed E-state index contributed by atoms with van der Waals surface area (Å²) in [6.45, 7) is 0. The van der Waals surface area contributed by atoms with E-state index in [1.54, 1.807) is 36.4 Å². The third-order valence-electron chi connectivity index (χ3n) is 6.07. The maximum absolute atomic E-state index is 13.5. The number of halogens is 1. The number of para-hydroxylation sites is 1. The molecule has 2 heterocycles. The highest BCUT2D eigenvalue weighted by Gasteiger charge is 2.45. The molecule has 1 N–H and O–H groups in total. The van der Waals surface area contributed by atoms with E-state index < -0.39 is 29.4 Å². The molecule has 0 radical (unpaired) electrons. The molecule has 4 aromatic rings. The molecule has 36 heavy (non-hydrogen) atoms. The molecule has 1 aromatic heterocycles. The van der Waals surface area contributed by atoms with Crippen LogP contribution in [0.5, 0.6) is 23.0 Å². The van der Waals surface area contributed by atoms with Gasteiger partial charge < -0.3 is 28.7 Å². The Hall–Kier alpha value is -4.53. The molecule has 0 saturated carbocycles. The van der Waals surface area contributed by atoms with Gasteiger partial charge in [0.15, 0.2) is 17.6 Å². The standard InChI is InChI=1S/C27H22FNO7/c1-32-19-12-14(13-20(33-2)24(19)34-3)21-22-23(17-6-4-5-7-18(17)35-27(22)31)36-25(21)26(30)29-16-10-8-15(28)9-11-16/h4-13,21,25H,1-3H3,(H,29,30)/t21-,25-/m1/s1. The molecule has 9 heteroatoms. The van der Waals surface area contributed by atoms with E-state index >= 15 is 0 Å². The number of hydrogen-bond acceptors (Lipinski definition) is 7. The second-order valence-corrected chi connectivity index (χ2v) is 8.10. The first-order valence-electron chi connectivity index (χ1n) is 11.0. The summed E-state index contributed by atoms with van der Waals surface area (Å²) in [7, 11) is 4.43. The largest absolute Gasteiger partial charge is 0.493 e. The summed E-state index contributed by atoms with van der Waals surface area (Å²) in [5.41, 5.74) is 0.804. The number of rotatable bonds is 6. The average molecular weight is 491 g/mol. The number of carbonyl (C=O) groups is 1. The molecule has 5 rings (SSSR count). The molecule has 184 valence electrons. The maximum atomic E-state index is 13.5. The fourth-order valence-electron chi connectivity index (χ4n) is 4.45. The monoisotopic (exact) mass is 491 g/mol. The van der Waals surface area contributed by atoms with Crippen molar-refractivity contribution in [2.24, 2.45) is 0 Å². The van der Waals surface area contributed by atoms with Gasteiger partial charge in [0.1, 0.15) is 17.1 Å². The lowest BCUT2D eigenvalue weighted by atomic mass is 9.87. The van der Waals surface area contributed by atoms with Crippen LogP contribution in [0, 0.1) is 5.82 Å². The van der Waals surface area contributed by atoms with Gasteiger partial charge in [-0.3, -0.25) is 4.79 Å². The van der Waals surface area contributed by atoms with Gasteiger partial charge in [-0.05, 0) is 54.1 Å². The number of nitrogens with one attached hydrogen (secondary N) is 1. The molecular weight excluding hydrogens is 469 g/mol. The van der Waals surface area contributed by atoms with E-state index in [-0.39, 0.29) is 11.3 Å². The molecule has 0 spiro atoms. The fourth-order valence-corrected chi connectivity index (χ4v) is 4.45. The average Bonchev–Trinajstić information content (AvgIpc) is 3.31. The maximum Gasteiger partial charge on any atom is 0.344 e. The summed E-state index contributed by atoms with van der Waals surface area (Å²) < 4.78 is 41.5. The smallest absolute Gasteiger partial charge is 0.344 e. The Morgan fingerprint density at radius 1 is 0.944 bits per heavy atom. The summed E-state index contributed by atoms with van der Waals surface area (Å²) in [6, 6.07) is 15.6. The summed E-state index contributed by atoms with van der Waals surface area (Å²) >= 11 is 0. The first-order valence-corrected chi connectivity index (χ1v) is 11.0. The normalized spacial score (nSPS) is 16.2. The van der Waals surface area contributed by atoms with E-state index in [1.165, 1.54) is 45.6 Å². The highest BCUT2D eigenvalue weighted by Crippen LogP contribution is 2.48. The highest BCUT2D eigenvalue weighted by atomic mass is 19.1. The Morgan fingerprint density at radius 3 is 2.25 bits per heavy atom. The van der Waals surface area contributed by atoms with Crippen LogP contribution in [0.25, 0.3) is 11.0 Å². The lowest BCUT2D eigenvalue weighted by molar-refractivity contribution is -0.122. The van der Waals surface area contributed by atoms with E-state index in [0.717, 1.165) is 0 Å². The molecule has 2 atom stereocenters. The van der Waals surface area contributed by atoms with E-state index in [0.29, 0.717) is 39.5 Å². The van der Waals surface area contributed by atoms with Crippen molar-refractivity contribution in [2.45, 2.75) is 12.0 Å². The van der Waals surface area contributed by atoms with Crippen molar-refractivity contribution < 1.29 is 32.5 Å². The van der Waals surface area contributed by atoms with E-state index in [1.807, 2.05) is 0 Å². The van der Waals surface area contributed by atoms with Crippen molar-refractivity contribution in [3.8, 4) is 23.0 Å². The first kappa shape index (κ1) is 23.2. The van der Waals surface area contributed by atoms with Crippen molar-refractivity contribution in [3.63, 3.8) is 0 Å². The third-order valence-corrected chi connectivity index (χ3v) is 6.07. The molecule has 0 unspecified atom stereocenters. The Morgan fingerprint density at radius 2 is 1.61 bits per heavy atom. The number of benzene rings is 3. The SMILES string of the molecule is COc1cc([C@@H]2c3c(c4ccccc4oc3=O)O[C@H]2C(=O)Nc2ccc(F)cc2)cc(OC)c1OC. The van der Waals surface area contributed by atoms with Gasteiger partial charge in [0, 0.05) is 5.69 Å². The summed E-state index contributed by atoms with van der Waals surface area (Å²) in [5, 5.41) is 3.30. The van der Waals surface area contributed by atoms with E-state index in [4.69, 9.17) is 23.4 Å². The Kier molecular flexibility index (Phi) is 5.97. The van der Waals surface area contributed by atoms with Gasteiger partial charge in [0.25, 0.3) is 5.91 Å². The summed E-state index contributed by atoms with van der Waals surface area (Å²) in [5.74, 6) is -0.501. The second kappa shape index (κ2) is 9.26. The van der Waals surface area contributed by atoms with Crippen molar-refractivity contribution in [3.05, 3.63) is 88.0 Å². The van der Waals surface area contributed by atoms with Crippen LogP contribution in [-0.4, -0.2) is 33.3 Å². The van der Waals surface area contributed by atoms with E-state index in [2.05, 4.69) is 5.32 Å². The molecule has 3 aromatic carbocycles. The Balaban J connectivity index is 1.68. The molecule has 1 aliphatic heterocycles. The summed E-state index contributed by atoms with van der Waals surface area (Å²) in [6.07, 6.45) is -1.15. The van der Waals surface area contributed by atoms with Gasteiger partial charge in [0.2, 0.25) is 5.75 Å². The third kappa shape index (κ3) is 3.88. The van der Waals surface area contributed by atoms with Crippen molar-refractivity contribution in [1.82, 2.24) is 0 Å². The van der Waals surface area contributed by atoms with Gasteiger partial charge >= 0.3 is 5.63 Å². The lowest BCUT2D eigenvalue weighted by Gasteiger charge is -2.21. The number of hydrogen-bond donors (Lipinski definition) is 1. The molecule has 0 bridgehead atoms. The fraction of sp³-hybridized carbons (Fsp3) is 0.185. The Labute approximate surface area is 205 Å². The van der Waals surface area contributed by atoms with Crippen molar-refractivity contribution in [1.29, 1.82) is 0 Å². The van der Waals surface area contributed by atoms with Crippen LogP contribution >= 0.6 is 0 Å². The molecule has 0 fully saturated rings. The number of ether oxygens (including phenoxy) is 4. The minimum absolute atomic E-state index is 0.197. The van der Waals surface area contributed by atoms with E-state index in [9.17, 15) is 14.0 Å². The van der Waals surface area contributed by atoms with Crippen LogP contribution in [0.1, 0.15) is 17.0 Å². The van der Waals surface area contributed by atoms with Crippen LogP contribution in [0.15, 0.2) is 69.9 Å². The number of fused-ring (bicyclic) bond motifs is 3. The van der Waals surface area contributed by atoms with Gasteiger partial charge in [-0.15, -0.1) is 0 Å². The number of amides is 1. The minimum Gasteiger partial charge on any atom is -0.493 e. The lowest BCUT2D eigenvalue weighted by Crippen LogP contribution is -2.35. The van der Waals surface area contributed by atoms with Crippen LogP contribution in [0.3, 0.4) is 0 Å². The zero-order valence-electron chi connectivity index (χ0n) is 19.7. The predicted molar refractivity (Wildman–Crippen MR) is 130 cm³/mol. The zero-order valence-corrected chi connectivity index (χ0v) is 19.7. The number of methoxy groups -OCH3 is 3. The Bertz CT molecular complexity index is 1490. The zero-order chi connectivity index (χ0) is 25.4. The quantitative estimate of drug-likeness (QED) is 0.397. The molecular formula is C27H22FNO7. The highest BCUT2D eigenvalue weighted by molar-refractivity contribution is 5.97. The molecule has 1 amide bonds. The van der Waals surface area contributed by atoms with Crippen LogP contribution in [-0.2, 0) is 4.79 Å². The first-order chi connectivity index (χ1) is 17.4. The van der Waals surface area contributed by atoms with Crippen LogP contribution < -0.4 is 29.9 Å². The molecule has 0 saturated heterocycles. The van der Waals surface area contributed by atoms with Crippen LogP contribution in [0.2, 0.25) is 0 Å². The van der Waals surface area contributed by atoms with Gasteiger partial charge in [-0.1, -0.05) is 12.1 Å². The minimum atomic E-state index is -1.15. The summed E-state index contributed by atoms with van der Waals surface area (Å²) in [4.78, 5) is 26.7. The number of carbonyl (C=O) groups excluding carboxylic acids is 1. The van der Waals surface area contributed by atoms with Gasteiger partial charge in [-0.25, -0.2) is 9.18 Å². The van der Waals surface area contributed by atoms with Gasteiger partial charge in [0.05, 0.1) is 38.2 Å². The molecule has 8 nitrogen and oxygen atoms in total. The second-order valence-electron chi connectivity index (χ2n) is 8.10. The van der Waals surface area contributed by atoms with Gasteiger partial charge in [-0.2, -0.15) is 0 Å². The molecule has 1 aliphatic rings. The van der Waals surface area contributed by atoms with Crippen LogP contribution in [0.4, 0.5) is 10.1 Å². The number of anilines is 1. The van der Waals surface area contributed by atoms with Crippen molar-refractivity contribution >= 4 is 22.6 Å². The van der Waals surface area contributed by atoms with Crippen molar-refractivity contribution in [2.75, 3.05) is 26.6 Å². The predicted octanol–water partition coefficient (Wildman–Crippen LogP) is 4.49. The topological polar surface area (TPSA) is 96.2 Å².